The molecule has 0 heterocycles. The van der Waals surface area contributed by atoms with Crippen LogP contribution in [-0.2, 0) is 23.9 Å². The van der Waals surface area contributed by atoms with Crippen molar-refractivity contribution < 1.29 is 29.0 Å². The number of aliphatic carboxylic acids is 1. The SMILES string of the molecule is C=CCCCOC(=O)C(C)COC(=O)C(C)(C)Br.CC.CC(C)(Br)C(=O)O. The van der Waals surface area contributed by atoms with Crippen LogP contribution in [-0.4, -0.2) is 44.9 Å². The van der Waals surface area contributed by atoms with Gasteiger partial charge in [0, 0.05) is 0 Å². The van der Waals surface area contributed by atoms with Gasteiger partial charge in [0.25, 0.3) is 0 Å². The van der Waals surface area contributed by atoms with Crippen molar-refractivity contribution in [3.05, 3.63) is 12.7 Å². The zero-order valence-corrected chi connectivity index (χ0v) is 20.6. The molecule has 1 unspecified atom stereocenters. The molecule has 0 radical (unpaired) electrons. The van der Waals surface area contributed by atoms with Gasteiger partial charge in [0.05, 0.1) is 12.5 Å². The van der Waals surface area contributed by atoms with Crippen molar-refractivity contribution in [2.75, 3.05) is 13.2 Å². The Kier molecular flexibility index (Phi) is 18.4. The third kappa shape index (κ3) is 19.7. The number of unbranched alkanes of at least 4 members (excludes halogenated alkanes) is 1. The number of carboxylic acids is 1. The minimum Gasteiger partial charge on any atom is -0.480 e. The molecular weight excluding hydrogens is 484 g/mol. The van der Waals surface area contributed by atoms with Crippen LogP contribution >= 0.6 is 31.9 Å². The molecule has 0 saturated carbocycles. The molecule has 1 N–H and O–H groups in total. The van der Waals surface area contributed by atoms with E-state index in [-0.39, 0.29) is 12.6 Å². The second-order valence-electron chi connectivity index (χ2n) is 6.35. The smallest absolute Gasteiger partial charge is 0.322 e. The summed E-state index contributed by atoms with van der Waals surface area (Å²) in [4.78, 5) is 32.9. The van der Waals surface area contributed by atoms with Gasteiger partial charge in [-0.15, -0.1) is 6.58 Å². The zero-order chi connectivity index (χ0) is 22.3. The van der Waals surface area contributed by atoms with E-state index in [4.69, 9.17) is 14.6 Å². The number of allylic oxidation sites excluding steroid dienone is 1. The summed E-state index contributed by atoms with van der Waals surface area (Å²) in [5.41, 5.74) is 0. The van der Waals surface area contributed by atoms with Gasteiger partial charge in [-0.2, -0.15) is 0 Å². The predicted molar refractivity (Wildman–Crippen MR) is 116 cm³/mol. The maximum Gasteiger partial charge on any atom is 0.322 e. The normalized spacial score (nSPS) is 11.6. The molecule has 0 fully saturated rings. The lowest BCUT2D eigenvalue weighted by Gasteiger charge is -2.17. The van der Waals surface area contributed by atoms with E-state index in [1.54, 1.807) is 40.7 Å². The quantitative estimate of drug-likeness (QED) is 0.197. The molecule has 0 aliphatic carbocycles. The Morgan fingerprint density at radius 3 is 1.85 bits per heavy atom. The summed E-state index contributed by atoms with van der Waals surface area (Å²) in [5, 5.41) is 8.20. The first kappa shape index (κ1) is 30.8. The summed E-state index contributed by atoms with van der Waals surface area (Å²) in [6.45, 7) is 16.2. The van der Waals surface area contributed by atoms with Gasteiger partial charge in [0.1, 0.15) is 15.3 Å². The van der Waals surface area contributed by atoms with E-state index >= 15 is 0 Å². The standard InChI is InChI=1S/C13H21BrO4.C4H7BrO2.C2H6/c1-5-6-7-8-17-11(15)10(2)9-18-12(16)13(3,4)14;1-4(2,5)3(6)7;1-2/h5,10H,1,6-9H2,2-4H3;1-2H3,(H,6,7);1-2H3. The molecule has 0 aromatic rings. The summed E-state index contributed by atoms with van der Waals surface area (Å²) < 4.78 is 8.54. The Hall–Kier alpha value is -0.890. The lowest BCUT2D eigenvalue weighted by atomic mass is 10.2. The lowest BCUT2D eigenvalue weighted by molar-refractivity contribution is -0.155. The van der Waals surface area contributed by atoms with Gasteiger partial charge in [-0.3, -0.25) is 14.4 Å². The molecular formula is C19H34Br2O6. The molecule has 0 aromatic carbocycles. The van der Waals surface area contributed by atoms with E-state index in [0.717, 1.165) is 12.8 Å². The summed E-state index contributed by atoms with van der Waals surface area (Å²) in [6.07, 6.45) is 3.35. The minimum atomic E-state index is -0.840. The third-order valence-electron chi connectivity index (χ3n) is 2.66. The maximum atomic E-state index is 11.5. The average Bonchev–Trinajstić information content (AvgIpc) is 2.56. The highest BCUT2D eigenvalue weighted by atomic mass is 79.9. The van der Waals surface area contributed by atoms with Crippen LogP contribution in [0.25, 0.3) is 0 Å². The number of carboxylic acid groups (broad SMARTS) is 1. The van der Waals surface area contributed by atoms with Crippen LogP contribution in [0.3, 0.4) is 0 Å². The Bertz CT molecular complexity index is 450. The molecule has 0 saturated heterocycles. The summed E-state index contributed by atoms with van der Waals surface area (Å²) in [7, 11) is 0. The van der Waals surface area contributed by atoms with Gasteiger partial charge in [-0.25, -0.2) is 0 Å². The van der Waals surface area contributed by atoms with E-state index in [1.807, 2.05) is 13.8 Å². The molecule has 8 heteroatoms. The molecule has 160 valence electrons. The van der Waals surface area contributed by atoms with Crippen LogP contribution in [0, 0.1) is 5.92 Å². The predicted octanol–water partition coefficient (Wildman–Crippen LogP) is 5.12. The van der Waals surface area contributed by atoms with Crippen molar-refractivity contribution in [1.82, 2.24) is 0 Å². The molecule has 0 rings (SSSR count). The second-order valence-corrected chi connectivity index (χ2v) is 10.3. The number of halogens is 2. The number of esters is 2. The highest BCUT2D eigenvalue weighted by Gasteiger charge is 2.27. The molecule has 27 heavy (non-hydrogen) atoms. The third-order valence-corrected chi connectivity index (χ3v) is 3.32. The number of ether oxygens (including phenoxy) is 2. The van der Waals surface area contributed by atoms with Crippen molar-refractivity contribution in [1.29, 1.82) is 0 Å². The molecule has 0 spiro atoms. The number of hydrogen-bond acceptors (Lipinski definition) is 5. The van der Waals surface area contributed by atoms with Crippen LogP contribution in [0.15, 0.2) is 12.7 Å². The monoisotopic (exact) mass is 516 g/mol. The highest BCUT2D eigenvalue weighted by Crippen LogP contribution is 2.18. The van der Waals surface area contributed by atoms with E-state index in [1.165, 1.54) is 0 Å². The van der Waals surface area contributed by atoms with Crippen LogP contribution in [0.1, 0.15) is 61.3 Å². The first-order valence-electron chi connectivity index (χ1n) is 8.79. The number of hydrogen-bond donors (Lipinski definition) is 1. The topological polar surface area (TPSA) is 89.9 Å². The minimum absolute atomic E-state index is 0.0359. The Balaban J connectivity index is -0.000000535. The lowest BCUT2D eigenvalue weighted by Crippen LogP contribution is -2.30. The van der Waals surface area contributed by atoms with Crippen molar-refractivity contribution in [2.45, 2.75) is 70.0 Å². The Labute approximate surface area is 180 Å². The molecule has 0 aliphatic heterocycles. The fraction of sp³-hybridized carbons (Fsp3) is 0.737. The van der Waals surface area contributed by atoms with Crippen molar-refractivity contribution in [3.8, 4) is 0 Å². The molecule has 0 bridgehead atoms. The fourth-order valence-electron chi connectivity index (χ4n) is 0.983. The fourth-order valence-corrected chi connectivity index (χ4v) is 1.10. The first-order chi connectivity index (χ1) is 12.2. The van der Waals surface area contributed by atoms with Crippen molar-refractivity contribution >= 4 is 49.8 Å². The number of carbonyl (C=O) groups is 3. The van der Waals surface area contributed by atoms with Crippen molar-refractivity contribution in [3.63, 3.8) is 0 Å². The van der Waals surface area contributed by atoms with Crippen LogP contribution in [0.4, 0.5) is 0 Å². The van der Waals surface area contributed by atoms with E-state index in [2.05, 4.69) is 38.4 Å². The average molecular weight is 518 g/mol. The maximum absolute atomic E-state index is 11.5. The van der Waals surface area contributed by atoms with Crippen LogP contribution in [0.5, 0.6) is 0 Å². The number of carbonyl (C=O) groups excluding carboxylic acids is 2. The van der Waals surface area contributed by atoms with E-state index in [0.29, 0.717) is 6.61 Å². The van der Waals surface area contributed by atoms with Gasteiger partial charge in [-0.05, 0) is 47.5 Å². The Morgan fingerprint density at radius 2 is 1.52 bits per heavy atom. The molecule has 0 aliphatic rings. The van der Waals surface area contributed by atoms with Crippen LogP contribution < -0.4 is 0 Å². The highest BCUT2D eigenvalue weighted by molar-refractivity contribution is 9.10. The van der Waals surface area contributed by atoms with E-state index < -0.39 is 26.5 Å². The Morgan fingerprint density at radius 1 is 1.07 bits per heavy atom. The summed E-state index contributed by atoms with van der Waals surface area (Å²) in [5.74, 6) is -2.03. The van der Waals surface area contributed by atoms with Crippen molar-refractivity contribution in [2.24, 2.45) is 5.92 Å². The van der Waals surface area contributed by atoms with Gasteiger partial charge in [0.2, 0.25) is 0 Å². The van der Waals surface area contributed by atoms with Crippen LogP contribution in [0.2, 0.25) is 0 Å². The van der Waals surface area contributed by atoms with E-state index in [9.17, 15) is 14.4 Å². The van der Waals surface area contributed by atoms with Gasteiger partial charge < -0.3 is 14.6 Å². The zero-order valence-electron chi connectivity index (χ0n) is 17.4. The number of rotatable bonds is 9. The molecule has 0 amide bonds. The second kappa shape index (κ2) is 16.1. The molecule has 1 atom stereocenters. The molecule has 0 aromatic heterocycles. The van der Waals surface area contributed by atoms with Gasteiger partial charge >= 0.3 is 17.9 Å². The summed E-state index contributed by atoms with van der Waals surface area (Å²) >= 11 is 6.13. The first-order valence-corrected chi connectivity index (χ1v) is 10.4. The van der Waals surface area contributed by atoms with Gasteiger partial charge in [0.15, 0.2) is 0 Å². The molecule has 6 nitrogen and oxygen atoms in total. The summed E-state index contributed by atoms with van der Waals surface area (Å²) in [6, 6.07) is 0. The largest absolute Gasteiger partial charge is 0.480 e. The number of alkyl halides is 2. The van der Waals surface area contributed by atoms with Gasteiger partial charge in [-0.1, -0.05) is 51.8 Å².